The van der Waals surface area contributed by atoms with Gasteiger partial charge in [-0.2, -0.15) is 4.68 Å². The summed E-state index contributed by atoms with van der Waals surface area (Å²) in [7, 11) is 0. The molecule has 1 aliphatic rings. The maximum absolute atomic E-state index is 9.09. The van der Waals surface area contributed by atoms with Gasteiger partial charge in [0.2, 0.25) is 5.16 Å². The quantitative estimate of drug-likeness (QED) is 0.694. The first-order valence-electron chi connectivity index (χ1n) is 6.60. The Bertz CT molecular complexity index is 598. The molecule has 1 fully saturated rings. The van der Waals surface area contributed by atoms with Crippen LogP contribution in [-0.2, 0) is 0 Å². The standard InChI is InChI=1S/C13H15N5OS/c19-15-11-8-4-5-9-12(11)20-13-14-16-17-18(13)10-6-2-1-3-7-10/h1-3,6-7,12,19H,4-5,8-9H2/b15-11+. The second kappa shape index (κ2) is 6.04. The van der Waals surface area contributed by atoms with Crippen molar-refractivity contribution in [1.82, 2.24) is 20.2 Å². The van der Waals surface area contributed by atoms with E-state index in [1.165, 1.54) is 0 Å². The summed E-state index contributed by atoms with van der Waals surface area (Å²) in [4.78, 5) is 0. The highest BCUT2D eigenvalue weighted by Gasteiger charge is 2.24. The molecule has 1 saturated carbocycles. The Morgan fingerprint density at radius 1 is 1.25 bits per heavy atom. The van der Waals surface area contributed by atoms with Gasteiger partial charge in [-0.3, -0.25) is 0 Å². The van der Waals surface area contributed by atoms with Gasteiger partial charge in [-0.25, -0.2) is 0 Å². The molecule has 0 bridgehead atoms. The molecule has 0 spiro atoms. The third-order valence-electron chi connectivity index (χ3n) is 3.34. The van der Waals surface area contributed by atoms with E-state index in [9.17, 15) is 0 Å². The Morgan fingerprint density at radius 3 is 2.90 bits per heavy atom. The number of thioether (sulfide) groups is 1. The van der Waals surface area contributed by atoms with Crippen molar-refractivity contribution in [2.75, 3.05) is 0 Å². The van der Waals surface area contributed by atoms with Gasteiger partial charge in [0.1, 0.15) is 0 Å². The van der Waals surface area contributed by atoms with E-state index in [1.54, 1.807) is 16.4 Å². The third kappa shape index (κ3) is 2.67. The smallest absolute Gasteiger partial charge is 0.214 e. The highest BCUT2D eigenvalue weighted by molar-refractivity contribution is 8.00. The fourth-order valence-corrected chi connectivity index (χ4v) is 3.48. The van der Waals surface area contributed by atoms with Gasteiger partial charge in [0.15, 0.2) is 0 Å². The van der Waals surface area contributed by atoms with Crippen LogP contribution in [-0.4, -0.2) is 36.4 Å². The van der Waals surface area contributed by atoms with Crippen molar-refractivity contribution in [3.05, 3.63) is 30.3 Å². The number of para-hydroxylation sites is 1. The van der Waals surface area contributed by atoms with Crippen LogP contribution in [0.25, 0.3) is 5.69 Å². The average molecular weight is 289 g/mol. The van der Waals surface area contributed by atoms with Crippen LogP contribution in [0.1, 0.15) is 25.7 Å². The molecule has 1 aliphatic carbocycles. The van der Waals surface area contributed by atoms with Crippen molar-refractivity contribution >= 4 is 17.5 Å². The van der Waals surface area contributed by atoms with Crippen LogP contribution in [0, 0.1) is 0 Å². The van der Waals surface area contributed by atoms with E-state index in [0.717, 1.165) is 42.2 Å². The van der Waals surface area contributed by atoms with Crippen LogP contribution in [0.15, 0.2) is 40.6 Å². The van der Waals surface area contributed by atoms with Crippen LogP contribution in [0.3, 0.4) is 0 Å². The lowest BCUT2D eigenvalue weighted by molar-refractivity contribution is 0.314. The molecule has 0 radical (unpaired) electrons. The number of hydrogen-bond acceptors (Lipinski definition) is 6. The molecule has 1 atom stereocenters. The van der Waals surface area contributed by atoms with Gasteiger partial charge in [0.25, 0.3) is 0 Å². The molecule has 104 valence electrons. The Balaban J connectivity index is 1.83. The molecule has 0 amide bonds. The summed E-state index contributed by atoms with van der Waals surface area (Å²) in [5, 5.41) is 25.3. The van der Waals surface area contributed by atoms with Crippen LogP contribution in [0.5, 0.6) is 0 Å². The monoisotopic (exact) mass is 289 g/mol. The van der Waals surface area contributed by atoms with Gasteiger partial charge < -0.3 is 5.21 Å². The van der Waals surface area contributed by atoms with Crippen LogP contribution < -0.4 is 0 Å². The summed E-state index contributed by atoms with van der Waals surface area (Å²) >= 11 is 1.56. The van der Waals surface area contributed by atoms with Gasteiger partial charge in [0.05, 0.1) is 16.6 Å². The molecule has 0 aliphatic heterocycles. The Labute approximate surface area is 120 Å². The summed E-state index contributed by atoms with van der Waals surface area (Å²) in [6.45, 7) is 0. The molecular formula is C13H15N5OS. The molecule has 6 nitrogen and oxygen atoms in total. The van der Waals surface area contributed by atoms with Gasteiger partial charge in [-0.15, -0.1) is 5.10 Å². The molecule has 1 aromatic carbocycles. The van der Waals surface area contributed by atoms with E-state index in [0.29, 0.717) is 0 Å². The SMILES string of the molecule is O/N=C1\CCCCC1Sc1nnnn1-c1ccccc1. The van der Waals surface area contributed by atoms with Crippen LogP contribution in [0.2, 0.25) is 0 Å². The minimum absolute atomic E-state index is 0.155. The first-order valence-corrected chi connectivity index (χ1v) is 7.48. The zero-order valence-corrected chi connectivity index (χ0v) is 11.7. The topological polar surface area (TPSA) is 76.2 Å². The van der Waals surface area contributed by atoms with E-state index in [4.69, 9.17) is 5.21 Å². The van der Waals surface area contributed by atoms with E-state index < -0.39 is 0 Å². The number of oxime groups is 1. The lowest BCUT2D eigenvalue weighted by atomic mass is 9.98. The van der Waals surface area contributed by atoms with Crippen molar-refractivity contribution < 1.29 is 5.21 Å². The lowest BCUT2D eigenvalue weighted by Crippen LogP contribution is -2.22. The largest absolute Gasteiger partial charge is 0.411 e. The van der Waals surface area contributed by atoms with Gasteiger partial charge >= 0.3 is 0 Å². The summed E-state index contributed by atoms with van der Waals surface area (Å²) in [5.74, 6) is 0. The van der Waals surface area contributed by atoms with Crippen LogP contribution >= 0.6 is 11.8 Å². The highest BCUT2D eigenvalue weighted by Crippen LogP contribution is 2.31. The first kappa shape index (κ1) is 13.1. The number of rotatable bonds is 3. The lowest BCUT2D eigenvalue weighted by Gasteiger charge is -2.21. The van der Waals surface area contributed by atoms with Crippen LogP contribution in [0.4, 0.5) is 0 Å². The molecule has 1 unspecified atom stereocenters. The molecule has 3 rings (SSSR count). The fraction of sp³-hybridized carbons (Fsp3) is 0.385. The second-order valence-corrected chi connectivity index (χ2v) is 5.82. The number of tetrazole rings is 1. The van der Waals surface area contributed by atoms with Crippen molar-refractivity contribution in [3.63, 3.8) is 0 Å². The average Bonchev–Trinajstić information content (AvgIpc) is 2.97. The van der Waals surface area contributed by atoms with Gasteiger partial charge in [0, 0.05) is 0 Å². The number of aromatic nitrogens is 4. The summed E-state index contributed by atoms with van der Waals surface area (Å²) in [5.41, 5.74) is 1.77. The molecule has 2 aromatic rings. The summed E-state index contributed by atoms with van der Waals surface area (Å²) in [6, 6.07) is 9.78. The predicted octanol–water partition coefficient (Wildman–Crippen LogP) is 2.53. The third-order valence-corrected chi connectivity index (χ3v) is 4.60. The molecule has 1 aromatic heterocycles. The van der Waals surface area contributed by atoms with E-state index in [2.05, 4.69) is 20.7 Å². The molecule has 1 heterocycles. The molecule has 0 saturated heterocycles. The molecule has 7 heteroatoms. The van der Waals surface area contributed by atoms with E-state index in [1.807, 2.05) is 30.3 Å². The minimum Gasteiger partial charge on any atom is -0.411 e. The fourth-order valence-electron chi connectivity index (χ4n) is 2.32. The number of benzene rings is 1. The molecule has 1 N–H and O–H groups in total. The summed E-state index contributed by atoms with van der Waals surface area (Å²) < 4.78 is 1.72. The zero-order chi connectivity index (χ0) is 13.8. The van der Waals surface area contributed by atoms with Gasteiger partial charge in [-0.05, 0) is 41.8 Å². The second-order valence-electron chi connectivity index (χ2n) is 4.65. The van der Waals surface area contributed by atoms with Crippen molar-refractivity contribution in [2.24, 2.45) is 5.16 Å². The van der Waals surface area contributed by atoms with E-state index >= 15 is 0 Å². The number of nitrogens with zero attached hydrogens (tertiary/aromatic N) is 5. The minimum atomic E-state index is 0.155. The summed E-state index contributed by atoms with van der Waals surface area (Å²) in [6.07, 6.45) is 4.07. The number of hydrogen-bond donors (Lipinski definition) is 1. The molecular weight excluding hydrogens is 274 g/mol. The van der Waals surface area contributed by atoms with Crippen molar-refractivity contribution in [3.8, 4) is 5.69 Å². The normalized spacial score (nSPS) is 21.2. The predicted molar refractivity (Wildman–Crippen MR) is 76.5 cm³/mol. The Hall–Kier alpha value is -1.89. The van der Waals surface area contributed by atoms with E-state index in [-0.39, 0.29) is 5.25 Å². The highest BCUT2D eigenvalue weighted by atomic mass is 32.2. The van der Waals surface area contributed by atoms with Crippen molar-refractivity contribution in [1.29, 1.82) is 0 Å². The Morgan fingerprint density at radius 2 is 2.10 bits per heavy atom. The zero-order valence-electron chi connectivity index (χ0n) is 10.9. The maximum Gasteiger partial charge on any atom is 0.214 e. The maximum atomic E-state index is 9.09. The van der Waals surface area contributed by atoms with Gasteiger partial charge in [-0.1, -0.05) is 41.5 Å². The first-order chi connectivity index (χ1) is 9.88. The molecule has 20 heavy (non-hydrogen) atoms. The Kier molecular flexibility index (Phi) is 3.96. The van der Waals surface area contributed by atoms with Crippen molar-refractivity contribution in [2.45, 2.75) is 36.1 Å².